The smallest absolute Gasteiger partial charge is 0.264 e. The number of benzene rings is 3. The van der Waals surface area contributed by atoms with Gasteiger partial charge in [0.1, 0.15) is 12.6 Å². The number of amides is 2. The van der Waals surface area contributed by atoms with Gasteiger partial charge in [-0.1, -0.05) is 60.0 Å². The predicted octanol–water partition coefficient (Wildman–Crippen LogP) is 6.53. The van der Waals surface area contributed by atoms with Crippen molar-refractivity contribution in [2.75, 3.05) is 10.8 Å². The molecule has 0 fully saturated rings. The molecule has 7 nitrogen and oxygen atoms in total. The third-order valence-electron chi connectivity index (χ3n) is 6.47. The first kappa shape index (κ1) is 32.4. The van der Waals surface area contributed by atoms with Gasteiger partial charge >= 0.3 is 0 Å². The molecular weight excluding hydrogens is 581 g/mol. The lowest BCUT2D eigenvalue weighted by Gasteiger charge is -2.35. The molecule has 0 aromatic heterocycles. The molecule has 0 heterocycles. The normalized spacial score (nSPS) is 12.5. The van der Waals surface area contributed by atoms with Crippen molar-refractivity contribution in [2.45, 2.75) is 71.0 Å². The molecule has 3 aromatic carbocycles. The summed E-state index contributed by atoms with van der Waals surface area (Å²) in [6.07, 6.45) is 0.325. The number of carbonyl (C=O) groups is 2. The van der Waals surface area contributed by atoms with Crippen LogP contribution in [0.5, 0.6) is 0 Å². The average molecular weight is 619 g/mol. The Morgan fingerprint density at radius 2 is 1.49 bits per heavy atom. The average Bonchev–Trinajstić information content (AvgIpc) is 2.87. The summed E-state index contributed by atoms with van der Waals surface area (Å²) in [5, 5.41) is 3.95. The van der Waals surface area contributed by atoms with Gasteiger partial charge in [-0.05, 0) is 94.6 Å². The molecule has 0 bridgehead atoms. The highest BCUT2D eigenvalue weighted by molar-refractivity contribution is 7.92. The summed E-state index contributed by atoms with van der Waals surface area (Å²) in [6.45, 7) is 10.6. The minimum atomic E-state index is -4.17. The number of halogens is 2. The maximum Gasteiger partial charge on any atom is 0.264 e. The van der Waals surface area contributed by atoms with Crippen LogP contribution in [0.25, 0.3) is 0 Å². The van der Waals surface area contributed by atoms with Crippen LogP contribution >= 0.6 is 23.2 Å². The minimum Gasteiger partial charge on any atom is -0.350 e. The monoisotopic (exact) mass is 617 g/mol. The van der Waals surface area contributed by atoms with Crippen molar-refractivity contribution in [3.05, 3.63) is 93.5 Å². The summed E-state index contributed by atoms with van der Waals surface area (Å²) in [6, 6.07) is 17.4. The van der Waals surface area contributed by atoms with Crippen molar-refractivity contribution in [3.8, 4) is 0 Å². The van der Waals surface area contributed by atoms with Crippen LogP contribution in [-0.4, -0.2) is 43.3 Å². The first-order valence-electron chi connectivity index (χ1n) is 13.3. The molecule has 0 spiro atoms. The number of hydrogen-bond acceptors (Lipinski definition) is 4. The molecule has 0 saturated heterocycles. The molecular formula is C31H37Cl2N3O4S. The van der Waals surface area contributed by atoms with Crippen LogP contribution in [-0.2, 0) is 26.2 Å². The standard InChI is InChI=1S/C31H37Cl2N3O4S/c1-7-27(30(38)34-31(4,5)6)35(19-23-10-12-24(32)13-11-23)29(37)20-36(28-17-14-25(33)18-22(28)3)41(39,40)26-15-8-21(2)9-16-26/h8-18,27H,7,19-20H2,1-6H3,(H,34,38)/t27-/m1/s1. The van der Waals surface area contributed by atoms with Gasteiger partial charge in [0.15, 0.2) is 0 Å². The second kappa shape index (κ2) is 13.3. The summed E-state index contributed by atoms with van der Waals surface area (Å²) in [5.74, 6) is -0.848. The fraction of sp³-hybridized carbons (Fsp3) is 0.355. The van der Waals surface area contributed by atoms with Crippen LogP contribution < -0.4 is 9.62 Å². The molecule has 3 aromatic rings. The van der Waals surface area contributed by atoms with E-state index in [0.717, 1.165) is 15.4 Å². The van der Waals surface area contributed by atoms with Gasteiger partial charge in [0.2, 0.25) is 11.8 Å². The van der Waals surface area contributed by atoms with Crippen molar-refractivity contribution in [2.24, 2.45) is 0 Å². The fourth-order valence-electron chi connectivity index (χ4n) is 4.41. The lowest BCUT2D eigenvalue weighted by molar-refractivity contribution is -0.141. The lowest BCUT2D eigenvalue weighted by Crippen LogP contribution is -2.55. The Balaban J connectivity index is 2.10. The highest BCUT2D eigenvalue weighted by Crippen LogP contribution is 2.30. The van der Waals surface area contributed by atoms with Crippen LogP contribution in [0.1, 0.15) is 50.8 Å². The second-order valence-corrected chi connectivity index (χ2v) is 13.8. The van der Waals surface area contributed by atoms with E-state index < -0.39 is 34.1 Å². The number of rotatable bonds is 10. The van der Waals surface area contributed by atoms with E-state index in [-0.39, 0.29) is 17.3 Å². The Morgan fingerprint density at radius 3 is 2.02 bits per heavy atom. The van der Waals surface area contributed by atoms with E-state index >= 15 is 0 Å². The zero-order valence-electron chi connectivity index (χ0n) is 24.2. The van der Waals surface area contributed by atoms with Gasteiger partial charge in [0, 0.05) is 22.1 Å². The van der Waals surface area contributed by atoms with Crippen LogP contribution in [0.4, 0.5) is 5.69 Å². The van der Waals surface area contributed by atoms with Crippen molar-refractivity contribution in [1.82, 2.24) is 10.2 Å². The van der Waals surface area contributed by atoms with Gasteiger partial charge in [0.05, 0.1) is 10.6 Å². The predicted molar refractivity (Wildman–Crippen MR) is 166 cm³/mol. The van der Waals surface area contributed by atoms with Crippen molar-refractivity contribution in [1.29, 1.82) is 0 Å². The Bertz CT molecular complexity index is 1490. The molecule has 0 unspecified atom stereocenters. The lowest BCUT2D eigenvalue weighted by atomic mass is 10.1. The number of anilines is 1. The number of nitrogens with one attached hydrogen (secondary N) is 1. The first-order chi connectivity index (χ1) is 19.1. The van der Waals surface area contributed by atoms with Gasteiger partial charge in [-0.2, -0.15) is 0 Å². The van der Waals surface area contributed by atoms with Crippen LogP contribution in [0, 0.1) is 13.8 Å². The van der Waals surface area contributed by atoms with Crippen LogP contribution in [0.2, 0.25) is 10.0 Å². The number of sulfonamides is 1. The van der Waals surface area contributed by atoms with Crippen molar-refractivity contribution < 1.29 is 18.0 Å². The molecule has 41 heavy (non-hydrogen) atoms. The molecule has 0 aliphatic carbocycles. The molecule has 1 N–H and O–H groups in total. The maximum absolute atomic E-state index is 14.2. The van der Waals surface area contributed by atoms with E-state index in [1.54, 1.807) is 61.5 Å². The SMILES string of the molecule is CC[C@H](C(=O)NC(C)(C)C)N(Cc1ccc(Cl)cc1)C(=O)CN(c1ccc(Cl)cc1C)S(=O)(=O)c1ccc(C)cc1. The molecule has 0 aliphatic heterocycles. The summed E-state index contributed by atoms with van der Waals surface area (Å²) >= 11 is 12.3. The van der Waals surface area contributed by atoms with E-state index in [0.29, 0.717) is 27.7 Å². The summed E-state index contributed by atoms with van der Waals surface area (Å²) in [4.78, 5) is 29.1. The van der Waals surface area contributed by atoms with Crippen LogP contribution in [0.15, 0.2) is 71.6 Å². The maximum atomic E-state index is 14.2. The molecule has 0 saturated carbocycles. The Morgan fingerprint density at radius 1 is 0.902 bits per heavy atom. The molecule has 0 aliphatic rings. The van der Waals surface area contributed by atoms with E-state index in [1.807, 2.05) is 34.6 Å². The van der Waals surface area contributed by atoms with E-state index in [4.69, 9.17) is 23.2 Å². The molecule has 1 atom stereocenters. The number of hydrogen-bond donors (Lipinski definition) is 1. The van der Waals surface area contributed by atoms with E-state index in [1.165, 1.54) is 17.0 Å². The largest absolute Gasteiger partial charge is 0.350 e. The highest BCUT2D eigenvalue weighted by Gasteiger charge is 2.35. The van der Waals surface area contributed by atoms with Crippen molar-refractivity contribution >= 4 is 50.7 Å². The quantitative estimate of drug-likeness (QED) is 0.280. The number of carbonyl (C=O) groups excluding carboxylic acids is 2. The Labute approximate surface area is 253 Å². The zero-order valence-corrected chi connectivity index (χ0v) is 26.6. The second-order valence-electron chi connectivity index (χ2n) is 11.1. The topological polar surface area (TPSA) is 86.8 Å². The summed E-state index contributed by atoms with van der Waals surface area (Å²) in [5.41, 5.74) is 2.03. The number of aryl methyl sites for hydroxylation is 2. The van der Waals surface area contributed by atoms with Gasteiger partial charge in [-0.25, -0.2) is 8.42 Å². The highest BCUT2D eigenvalue weighted by atomic mass is 35.5. The van der Waals surface area contributed by atoms with Crippen molar-refractivity contribution in [3.63, 3.8) is 0 Å². The van der Waals surface area contributed by atoms with Gasteiger partial charge in [-0.3, -0.25) is 13.9 Å². The third-order valence-corrected chi connectivity index (χ3v) is 8.73. The number of nitrogens with zero attached hydrogens (tertiary/aromatic N) is 2. The molecule has 2 amide bonds. The fourth-order valence-corrected chi connectivity index (χ4v) is 6.24. The summed E-state index contributed by atoms with van der Waals surface area (Å²) in [7, 11) is -4.17. The third kappa shape index (κ3) is 8.47. The van der Waals surface area contributed by atoms with Gasteiger partial charge < -0.3 is 10.2 Å². The zero-order chi connectivity index (χ0) is 30.5. The molecule has 0 radical (unpaired) electrons. The van der Waals surface area contributed by atoms with Gasteiger partial charge in [0.25, 0.3) is 10.0 Å². The van der Waals surface area contributed by atoms with Crippen LogP contribution in [0.3, 0.4) is 0 Å². The first-order valence-corrected chi connectivity index (χ1v) is 15.5. The molecule has 220 valence electrons. The van der Waals surface area contributed by atoms with Gasteiger partial charge in [-0.15, -0.1) is 0 Å². The van der Waals surface area contributed by atoms with E-state index in [2.05, 4.69) is 5.32 Å². The molecule has 10 heteroatoms. The Hall–Kier alpha value is -3.07. The molecule has 3 rings (SSSR count). The Kier molecular flexibility index (Phi) is 10.5. The summed E-state index contributed by atoms with van der Waals surface area (Å²) < 4.78 is 29.1. The minimum absolute atomic E-state index is 0.0482. The van der Waals surface area contributed by atoms with E-state index in [9.17, 15) is 18.0 Å².